The summed E-state index contributed by atoms with van der Waals surface area (Å²) < 4.78 is 32.3. The van der Waals surface area contributed by atoms with E-state index in [1.54, 1.807) is 30.3 Å². The van der Waals surface area contributed by atoms with E-state index >= 15 is 0 Å². The molecule has 0 aromatic heterocycles. The third-order valence-electron chi connectivity index (χ3n) is 4.21. The Morgan fingerprint density at radius 2 is 2.04 bits per heavy atom. The fourth-order valence-electron chi connectivity index (χ4n) is 2.86. The number of amides is 1. The van der Waals surface area contributed by atoms with Crippen molar-refractivity contribution in [3.05, 3.63) is 30.3 Å². The second kappa shape index (κ2) is 9.31. The van der Waals surface area contributed by atoms with Crippen LogP contribution in [0.4, 0.5) is 0 Å². The Balaban J connectivity index is 1.87. The van der Waals surface area contributed by atoms with Crippen molar-refractivity contribution in [3.63, 3.8) is 0 Å². The molecule has 1 amide bonds. The number of rotatable bonds is 8. The summed E-state index contributed by atoms with van der Waals surface area (Å²) in [5.41, 5.74) is 0. The van der Waals surface area contributed by atoms with Crippen molar-refractivity contribution in [2.45, 2.75) is 44.1 Å². The molecule has 1 heterocycles. The van der Waals surface area contributed by atoms with E-state index < -0.39 is 10.0 Å². The van der Waals surface area contributed by atoms with E-state index in [1.807, 2.05) is 13.8 Å². The Kier molecular flexibility index (Phi) is 7.40. The van der Waals surface area contributed by atoms with Crippen molar-refractivity contribution in [3.8, 4) is 0 Å². The van der Waals surface area contributed by atoms with Gasteiger partial charge in [-0.3, -0.25) is 4.79 Å². The van der Waals surface area contributed by atoms with Crippen molar-refractivity contribution < 1.29 is 17.9 Å². The van der Waals surface area contributed by atoms with Crippen molar-refractivity contribution in [2.24, 2.45) is 5.92 Å². The van der Waals surface area contributed by atoms with Gasteiger partial charge in [-0.1, -0.05) is 18.2 Å². The summed E-state index contributed by atoms with van der Waals surface area (Å²) in [6.45, 7) is 5.81. The van der Waals surface area contributed by atoms with Crippen LogP contribution >= 0.6 is 0 Å². The van der Waals surface area contributed by atoms with E-state index in [-0.39, 0.29) is 29.4 Å². The van der Waals surface area contributed by atoms with Gasteiger partial charge in [-0.15, -0.1) is 0 Å². The fraction of sp³-hybridized carbons (Fsp3) is 0.611. The van der Waals surface area contributed by atoms with E-state index in [9.17, 15) is 13.2 Å². The van der Waals surface area contributed by atoms with Crippen molar-refractivity contribution in [1.29, 1.82) is 0 Å². The van der Waals surface area contributed by atoms with Gasteiger partial charge in [0.1, 0.15) is 0 Å². The summed E-state index contributed by atoms with van der Waals surface area (Å²) in [5, 5.41) is 2.90. The molecular weight excluding hydrogens is 340 g/mol. The van der Waals surface area contributed by atoms with Gasteiger partial charge >= 0.3 is 0 Å². The lowest BCUT2D eigenvalue weighted by Gasteiger charge is -2.31. The monoisotopic (exact) mass is 368 g/mol. The largest absolute Gasteiger partial charge is 0.379 e. The normalized spacial score (nSPS) is 19.1. The molecule has 1 unspecified atom stereocenters. The SMILES string of the molecule is CC(C)OCCCNC(=O)C1CCCN(S(=O)(=O)c2ccccc2)C1. The van der Waals surface area contributed by atoms with Gasteiger partial charge in [-0.05, 0) is 45.2 Å². The van der Waals surface area contributed by atoms with Gasteiger partial charge in [0, 0.05) is 26.2 Å². The molecular formula is C18H28N2O4S. The highest BCUT2D eigenvalue weighted by Gasteiger charge is 2.33. The molecule has 0 aliphatic carbocycles. The Labute approximate surface area is 150 Å². The molecule has 6 nitrogen and oxygen atoms in total. The Hall–Kier alpha value is -1.44. The molecule has 1 N–H and O–H groups in total. The van der Waals surface area contributed by atoms with Crippen LogP contribution in [0.15, 0.2) is 35.2 Å². The van der Waals surface area contributed by atoms with Crippen LogP contribution in [0.2, 0.25) is 0 Å². The minimum Gasteiger partial charge on any atom is -0.379 e. The first-order valence-electron chi connectivity index (χ1n) is 8.86. The van der Waals surface area contributed by atoms with Crippen LogP contribution in [-0.2, 0) is 19.6 Å². The molecule has 1 atom stereocenters. The predicted octanol–water partition coefficient (Wildman–Crippen LogP) is 2.02. The van der Waals surface area contributed by atoms with E-state index in [1.165, 1.54) is 4.31 Å². The van der Waals surface area contributed by atoms with Crippen LogP contribution in [0.1, 0.15) is 33.1 Å². The van der Waals surface area contributed by atoms with Gasteiger partial charge in [-0.2, -0.15) is 4.31 Å². The molecule has 1 fully saturated rings. The molecule has 7 heteroatoms. The highest BCUT2D eigenvalue weighted by Crippen LogP contribution is 2.23. The van der Waals surface area contributed by atoms with Crippen molar-refractivity contribution in [1.82, 2.24) is 9.62 Å². The summed E-state index contributed by atoms with van der Waals surface area (Å²) in [5.74, 6) is -0.365. The number of carbonyl (C=O) groups excluding carboxylic acids is 1. The molecule has 0 spiro atoms. The minimum absolute atomic E-state index is 0.0718. The summed E-state index contributed by atoms with van der Waals surface area (Å²) in [6.07, 6.45) is 2.35. The van der Waals surface area contributed by atoms with Gasteiger partial charge in [0.25, 0.3) is 0 Å². The van der Waals surface area contributed by atoms with E-state index in [2.05, 4.69) is 5.32 Å². The first kappa shape index (κ1) is 19.9. The van der Waals surface area contributed by atoms with Gasteiger partial charge in [0.15, 0.2) is 0 Å². The number of nitrogens with zero attached hydrogens (tertiary/aromatic N) is 1. The fourth-order valence-corrected chi connectivity index (χ4v) is 4.41. The summed E-state index contributed by atoms with van der Waals surface area (Å²) in [6, 6.07) is 8.39. The first-order valence-corrected chi connectivity index (χ1v) is 10.3. The molecule has 2 rings (SSSR count). The van der Waals surface area contributed by atoms with Gasteiger partial charge in [0.05, 0.1) is 16.9 Å². The predicted molar refractivity (Wildman–Crippen MR) is 96.6 cm³/mol. The zero-order valence-corrected chi connectivity index (χ0v) is 15.8. The zero-order chi connectivity index (χ0) is 18.3. The summed E-state index contributed by atoms with van der Waals surface area (Å²) in [7, 11) is -3.53. The van der Waals surface area contributed by atoms with E-state index in [0.717, 1.165) is 12.8 Å². The number of hydrogen-bond donors (Lipinski definition) is 1. The maximum atomic E-state index is 12.7. The van der Waals surface area contributed by atoms with Crippen LogP contribution in [0.5, 0.6) is 0 Å². The Morgan fingerprint density at radius 1 is 1.32 bits per heavy atom. The van der Waals surface area contributed by atoms with Gasteiger partial charge < -0.3 is 10.1 Å². The number of nitrogens with one attached hydrogen (secondary N) is 1. The topological polar surface area (TPSA) is 75.7 Å². The van der Waals surface area contributed by atoms with Gasteiger partial charge in [0.2, 0.25) is 15.9 Å². The molecule has 0 bridgehead atoms. The van der Waals surface area contributed by atoms with E-state index in [0.29, 0.717) is 26.1 Å². The molecule has 1 aromatic rings. The lowest BCUT2D eigenvalue weighted by molar-refractivity contribution is -0.126. The molecule has 140 valence electrons. The third-order valence-corrected chi connectivity index (χ3v) is 6.09. The molecule has 1 aliphatic rings. The van der Waals surface area contributed by atoms with Crippen LogP contribution in [0.3, 0.4) is 0 Å². The summed E-state index contributed by atoms with van der Waals surface area (Å²) in [4.78, 5) is 12.6. The van der Waals surface area contributed by atoms with Crippen LogP contribution < -0.4 is 5.32 Å². The first-order chi connectivity index (χ1) is 11.9. The van der Waals surface area contributed by atoms with E-state index in [4.69, 9.17) is 4.74 Å². The minimum atomic E-state index is -3.53. The maximum absolute atomic E-state index is 12.7. The number of sulfonamides is 1. The number of piperidine rings is 1. The molecule has 0 saturated carbocycles. The molecule has 1 aromatic carbocycles. The third kappa shape index (κ3) is 5.80. The highest BCUT2D eigenvalue weighted by molar-refractivity contribution is 7.89. The number of benzene rings is 1. The van der Waals surface area contributed by atoms with Crippen LogP contribution in [0.25, 0.3) is 0 Å². The average Bonchev–Trinajstić information content (AvgIpc) is 2.62. The molecule has 1 aliphatic heterocycles. The molecule has 1 saturated heterocycles. The zero-order valence-electron chi connectivity index (χ0n) is 15.0. The molecule has 0 radical (unpaired) electrons. The van der Waals surface area contributed by atoms with Crippen molar-refractivity contribution >= 4 is 15.9 Å². The highest BCUT2D eigenvalue weighted by atomic mass is 32.2. The summed E-state index contributed by atoms with van der Waals surface area (Å²) >= 11 is 0. The standard InChI is InChI=1S/C18H28N2O4S/c1-15(2)24-13-7-11-19-18(21)16-8-6-12-20(14-16)25(22,23)17-9-4-3-5-10-17/h3-5,9-10,15-16H,6-8,11-14H2,1-2H3,(H,19,21). The number of carbonyl (C=O) groups is 1. The van der Waals surface area contributed by atoms with Crippen molar-refractivity contribution in [2.75, 3.05) is 26.2 Å². The Bertz CT molecular complexity index is 646. The number of hydrogen-bond acceptors (Lipinski definition) is 4. The van der Waals surface area contributed by atoms with Gasteiger partial charge in [-0.25, -0.2) is 8.42 Å². The maximum Gasteiger partial charge on any atom is 0.243 e. The second-order valence-corrected chi connectivity index (χ2v) is 8.52. The lowest BCUT2D eigenvalue weighted by atomic mass is 9.99. The smallest absolute Gasteiger partial charge is 0.243 e. The lowest BCUT2D eigenvalue weighted by Crippen LogP contribution is -2.45. The quantitative estimate of drug-likeness (QED) is 0.712. The average molecular weight is 368 g/mol. The van der Waals surface area contributed by atoms with Crippen LogP contribution in [0, 0.1) is 5.92 Å². The van der Waals surface area contributed by atoms with Crippen LogP contribution in [-0.4, -0.2) is 51.0 Å². The molecule has 25 heavy (non-hydrogen) atoms. The Morgan fingerprint density at radius 3 is 2.72 bits per heavy atom. The number of ether oxygens (including phenoxy) is 1. The second-order valence-electron chi connectivity index (χ2n) is 6.58.